The van der Waals surface area contributed by atoms with Gasteiger partial charge in [-0.2, -0.15) is 0 Å². The van der Waals surface area contributed by atoms with E-state index in [2.05, 4.69) is 84.1 Å². The number of fused-ring (bicyclic) bond motifs is 1. The van der Waals surface area contributed by atoms with E-state index >= 15 is 19.2 Å². The summed E-state index contributed by atoms with van der Waals surface area (Å²) in [5.41, 5.74) is 13.9. The van der Waals surface area contributed by atoms with Gasteiger partial charge in [0.05, 0.1) is 30.9 Å². The van der Waals surface area contributed by atoms with Crippen molar-refractivity contribution in [1.29, 1.82) is 0 Å². The lowest BCUT2D eigenvalue weighted by atomic mass is 9.94. The molecule has 0 saturated carbocycles. The van der Waals surface area contributed by atoms with E-state index in [4.69, 9.17) is 11.5 Å². The minimum Gasteiger partial charge on any atom is -0.508 e. The number of phenols is 1. The average Bonchev–Trinajstić information content (AvgIpc) is 1.75. The number of nitrogens with one attached hydrogen (secondary N) is 15. The lowest BCUT2D eigenvalue weighted by Crippen LogP contribution is -2.62. The van der Waals surface area contributed by atoms with Gasteiger partial charge in [-0.3, -0.25) is 76.7 Å². The quantitative estimate of drug-likeness (QED) is 0.0176. The second-order valence-electron chi connectivity index (χ2n) is 31.5. The third-order valence-corrected chi connectivity index (χ3v) is 23.3. The van der Waals surface area contributed by atoms with Crippen LogP contribution >= 0.6 is 21.6 Å². The maximum Gasteiger partial charge on any atom is 0.326 e. The molecule has 24 N–H and O–H groups in total. The van der Waals surface area contributed by atoms with E-state index in [-0.39, 0.29) is 62.9 Å². The summed E-state index contributed by atoms with van der Waals surface area (Å²) in [4.78, 5) is 250. The highest BCUT2D eigenvalue weighted by atomic mass is 33.1. The van der Waals surface area contributed by atoms with Crippen molar-refractivity contribution in [3.63, 3.8) is 0 Å². The number of nitrogens with two attached hydrogens (primary N) is 2. The fourth-order valence-corrected chi connectivity index (χ4v) is 15.7. The maximum atomic E-state index is 15.4. The molecular weight excluding hydrogens is 1670 g/mol. The largest absolute Gasteiger partial charge is 0.508 e. The number of aromatic amines is 2. The summed E-state index contributed by atoms with van der Waals surface area (Å²) in [6.45, 7) is 13.3. The van der Waals surface area contributed by atoms with Crippen molar-refractivity contribution in [3.05, 3.63) is 120 Å². The number of hydrogen-bond donors (Lipinski definition) is 22. The smallest absolute Gasteiger partial charge is 0.326 e. The SMILES string of the molecule is CCC(C)[C@H](NC(=O)[C@H](CC(=O)O)NC(=O)[C@H](CC(C)C)NC(=O)[C@H](Cc1c[nH]cn1)NC(=O)[C@@H]1CSSC[C@@H](NC(=O)[C@H](CCC(=O)O)NC(=O)[C@H](CCCCN)NC(=O)[C@@H](N)CC(=O)O)C(=O)N[C@@H](C(C)C)C(=O)N[C@@H](Cc2ccc(O)cc2)C(=O)N[C@@H](Cc2ccccc2)C(=O)N1)C(=O)N[C@H](C(=O)N[C@@H](Cc1c[nH]c2ccccc12)C(=O)O)C(C)CC. The Labute approximate surface area is 729 Å². The van der Waals surface area contributed by atoms with E-state index in [0.29, 0.717) is 29.5 Å². The van der Waals surface area contributed by atoms with Crippen LogP contribution in [0.2, 0.25) is 0 Å². The second-order valence-corrected chi connectivity index (χ2v) is 34.1. The summed E-state index contributed by atoms with van der Waals surface area (Å²) in [5, 5.41) is 84.3. The van der Waals surface area contributed by atoms with Gasteiger partial charge in [0, 0.05) is 66.9 Å². The summed E-state index contributed by atoms with van der Waals surface area (Å²) in [7, 11) is 1.61. The van der Waals surface area contributed by atoms with Crippen molar-refractivity contribution in [1.82, 2.24) is 84.1 Å². The molecule has 2 unspecified atom stereocenters. The Morgan fingerprint density at radius 1 is 0.520 bits per heavy atom. The lowest BCUT2D eigenvalue weighted by molar-refractivity contribution is -0.143. The lowest BCUT2D eigenvalue weighted by Gasteiger charge is -2.31. The highest BCUT2D eigenvalue weighted by molar-refractivity contribution is 8.76. The van der Waals surface area contributed by atoms with Gasteiger partial charge < -0.3 is 116 Å². The molecule has 0 radical (unpaired) electrons. The van der Waals surface area contributed by atoms with Gasteiger partial charge in [-0.1, -0.05) is 150 Å². The summed E-state index contributed by atoms with van der Waals surface area (Å²) in [6, 6.07) is -1.78. The molecule has 5 aromatic rings. The van der Waals surface area contributed by atoms with Crippen molar-refractivity contribution in [3.8, 4) is 5.75 Å². The molecule has 6 rings (SSSR count). The Balaban J connectivity index is 1.35. The highest BCUT2D eigenvalue weighted by Crippen LogP contribution is 2.26. The minimum atomic E-state index is -1.96. The van der Waals surface area contributed by atoms with Gasteiger partial charge in [-0.05, 0) is 97.2 Å². The maximum absolute atomic E-state index is 15.4. The third kappa shape index (κ3) is 33.1. The van der Waals surface area contributed by atoms with E-state index in [1.807, 2.05) is 0 Å². The number of phenolic OH excluding ortho intramolecular Hbond substituents is 1. The number of aromatic hydroxyl groups is 1. The molecule has 0 spiro atoms. The molecule has 1 fully saturated rings. The molecule has 13 amide bonds. The number of aromatic nitrogens is 3. The van der Waals surface area contributed by atoms with Crippen LogP contribution in [0.4, 0.5) is 0 Å². The topological polar surface area (TPSA) is 644 Å². The van der Waals surface area contributed by atoms with Crippen molar-refractivity contribution < 1.29 is 107 Å². The second kappa shape index (κ2) is 50.6. The molecule has 682 valence electrons. The number of aliphatic carboxylic acids is 4. The Morgan fingerprint density at radius 2 is 1.06 bits per heavy atom. The number of nitrogens with zero attached hydrogens (tertiary/aromatic N) is 1. The number of hydrogen-bond acceptors (Lipinski definition) is 23. The number of carboxylic acids is 4. The Bertz CT molecular complexity index is 4540. The standard InChI is InChI=1S/C83H116N18O22S2/c1-9-44(7)68(81(120)96-61(83(122)123)33-48-37-87-53-21-15-14-20-51(48)53)101-82(121)69(45(8)10-2)100-77(116)60(36-66(107)108)94-73(112)56(30-42(3)4)91-76(115)59(34-49-38-86-41-88-49)93-78(117)62-39-124-125-40-63(97-72(111)55(27-28-64(103)104)90-71(110)54(22-16-17-29-84)89-70(109)52(85)35-65(105)106)79(118)99-67(43(5)6)80(119)95-58(32-47-23-25-50(102)26-24-47)74(113)92-57(75(114)98-62)31-46-18-12-11-13-19-46/h11-15,18-21,23-26,37-38,41-45,52,54-63,67-69,87,102H,9-10,16-17,22,27-36,39-40,84-85H2,1-8H3,(H,86,88)(H,89,109)(H,90,110)(H,91,115)(H,92,113)(H,93,117)(H,94,112)(H,95,119)(H,96,120)(H,97,111)(H,98,114)(H,99,118)(H,100,116)(H,101,121)(H,103,104)(H,105,106)(H,107,108)(H,122,123)/t44?,45?,52-,54-,55-,56-,57-,58-,59-,60-,61-,62-,63+,67-,68-,69-/m0/s1. The van der Waals surface area contributed by atoms with Gasteiger partial charge in [-0.25, -0.2) is 9.78 Å². The molecule has 0 aliphatic carbocycles. The molecule has 40 nitrogen and oxygen atoms in total. The van der Waals surface area contributed by atoms with E-state index < -0.39 is 253 Å². The summed E-state index contributed by atoms with van der Waals surface area (Å²) in [5.74, 6) is -23.0. The monoisotopic (exact) mass is 1780 g/mol. The van der Waals surface area contributed by atoms with E-state index in [9.17, 15) is 87.9 Å². The highest BCUT2D eigenvalue weighted by Gasteiger charge is 2.41. The zero-order valence-electron chi connectivity index (χ0n) is 70.7. The molecule has 1 saturated heterocycles. The van der Waals surface area contributed by atoms with Crippen molar-refractivity contribution in [2.75, 3.05) is 18.1 Å². The fraction of sp³-hybridized carbons (Fsp3) is 0.518. The van der Waals surface area contributed by atoms with E-state index in [0.717, 1.165) is 32.5 Å². The van der Waals surface area contributed by atoms with Crippen LogP contribution in [0.25, 0.3) is 10.9 Å². The van der Waals surface area contributed by atoms with Gasteiger partial charge in [-0.15, -0.1) is 0 Å². The number of carboxylic acid groups (broad SMARTS) is 4. The molecule has 1 aliphatic heterocycles. The fourth-order valence-electron chi connectivity index (χ4n) is 13.3. The Morgan fingerprint density at radius 3 is 1.65 bits per heavy atom. The number of benzene rings is 3. The summed E-state index contributed by atoms with van der Waals surface area (Å²) >= 11 is 0. The van der Waals surface area contributed by atoms with Gasteiger partial charge in [0.1, 0.15) is 84.3 Å². The number of imidazole rings is 1. The van der Waals surface area contributed by atoms with Gasteiger partial charge >= 0.3 is 23.9 Å². The molecular formula is C83H116N18O22S2. The van der Waals surface area contributed by atoms with Crippen LogP contribution in [0.5, 0.6) is 5.75 Å². The number of unbranched alkanes of at least 4 members (excludes halogenated alkanes) is 1. The molecule has 2 aromatic heterocycles. The van der Waals surface area contributed by atoms with Gasteiger partial charge in [0.15, 0.2) is 0 Å². The van der Waals surface area contributed by atoms with Crippen LogP contribution in [-0.2, 0) is 107 Å². The van der Waals surface area contributed by atoms with Crippen LogP contribution in [0.3, 0.4) is 0 Å². The average molecular weight is 1780 g/mol. The molecule has 3 aromatic carbocycles. The van der Waals surface area contributed by atoms with Crippen molar-refractivity contribution >= 4 is 133 Å². The summed E-state index contributed by atoms with van der Waals surface area (Å²) in [6.07, 6.45) is 0.555. The number of carbonyl (C=O) groups excluding carboxylic acids is 13. The van der Waals surface area contributed by atoms with Crippen LogP contribution in [0, 0.1) is 23.7 Å². The van der Waals surface area contributed by atoms with Gasteiger partial charge in [0.25, 0.3) is 0 Å². The minimum absolute atomic E-state index is 0.128. The predicted molar refractivity (Wildman–Crippen MR) is 459 cm³/mol. The Kier molecular flexibility index (Phi) is 41.1. The van der Waals surface area contributed by atoms with Crippen LogP contribution in [0.1, 0.15) is 142 Å². The summed E-state index contributed by atoms with van der Waals surface area (Å²) < 4.78 is 0. The van der Waals surface area contributed by atoms with Crippen molar-refractivity contribution in [2.45, 2.75) is 230 Å². The zero-order chi connectivity index (χ0) is 92.3. The van der Waals surface area contributed by atoms with E-state index in [1.54, 1.807) is 116 Å². The first-order valence-electron chi connectivity index (χ1n) is 41.2. The molecule has 42 heteroatoms. The normalized spacial score (nSPS) is 18.6. The first-order chi connectivity index (χ1) is 59.3. The number of para-hydroxylation sites is 1. The predicted octanol–water partition coefficient (Wildman–Crippen LogP) is -0.286. The zero-order valence-corrected chi connectivity index (χ0v) is 72.4. The number of carbonyl (C=O) groups is 17. The molecule has 0 bridgehead atoms. The van der Waals surface area contributed by atoms with Crippen molar-refractivity contribution in [2.24, 2.45) is 35.1 Å². The van der Waals surface area contributed by atoms with Crippen LogP contribution in [0.15, 0.2) is 97.6 Å². The first kappa shape index (κ1) is 102. The van der Waals surface area contributed by atoms with Crippen LogP contribution in [-0.4, -0.2) is 244 Å². The molecule has 16 atom stereocenters. The molecule has 125 heavy (non-hydrogen) atoms. The molecule has 1 aliphatic rings. The van der Waals surface area contributed by atoms with Gasteiger partial charge in [0.2, 0.25) is 76.8 Å². The first-order valence-corrected chi connectivity index (χ1v) is 43.7. The van der Waals surface area contributed by atoms with Crippen LogP contribution < -0.4 is 80.6 Å². The van der Waals surface area contributed by atoms with E-state index in [1.165, 1.54) is 36.8 Å². The third-order valence-electron chi connectivity index (χ3n) is 20.8. The number of rotatable bonds is 45. The number of H-pyrrole nitrogens is 2. The number of amides is 13. The Hall–Kier alpha value is -12.2. The molecule has 3 heterocycles.